The quantitative estimate of drug-likeness (QED) is 0.717. The van der Waals surface area contributed by atoms with Crippen molar-refractivity contribution in [1.29, 1.82) is 0 Å². The Balaban J connectivity index is 1.82. The van der Waals surface area contributed by atoms with E-state index >= 15 is 0 Å². The average Bonchev–Trinajstić information content (AvgIpc) is 3.23. The molecule has 0 spiro atoms. The molecule has 2 heterocycles. The molecule has 2 aliphatic rings. The Labute approximate surface area is 125 Å². The molecule has 0 aliphatic heterocycles. The van der Waals surface area contributed by atoms with E-state index in [4.69, 9.17) is 0 Å². The third kappa shape index (κ3) is 1.32. The van der Waals surface area contributed by atoms with E-state index in [1.165, 1.54) is 16.1 Å². The summed E-state index contributed by atoms with van der Waals surface area (Å²) in [4.78, 5) is 0. The summed E-state index contributed by atoms with van der Waals surface area (Å²) in [6.07, 6.45) is 3.31. The Hall–Kier alpha value is -2.01. The number of nitrogens with zero attached hydrogens (tertiary/aromatic N) is 2. The van der Waals surface area contributed by atoms with Crippen molar-refractivity contribution in [2.75, 3.05) is 0 Å². The van der Waals surface area contributed by atoms with Crippen LogP contribution in [0.3, 0.4) is 0 Å². The SMILES string of the molecule is Oc1c2c(c(O)n1-c1nsc3ccccc13)[C@H]1CC[C@@H]2C1. The number of hydrogen-bond acceptors (Lipinski definition) is 4. The molecule has 3 aromatic rings. The highest BCUT2D eigenvalue weighted by atomic mass is 32.1. The van der Waals surface area contributed by atoms with Crippen LogP contribution in [0.5, 0.6) is 11.8 Å². The van der Waals surface area contributed by atoms with Gasteiger partial charge in [0.25, 0.3) is 0 Å². The van der Waals surface area contributed by atoms with Crippen molar-refractivity contribution < 1.29 is 10.2 Å². The van der Waals surface area contributed by atoms with E-state index in [1.54, 1.807) is 0 Å². The molecule has 21 heavy (non-hydrogen) atoms. The van der Waals surface area contributed by atoms with Crippen LogP contribution in [0.1, 0.15) is 42.2 Å². The predicted molar refractivity (Wildman–Crippen MR) is 81.6 cm³/mol. The first-order valence-corrected chi connectivity index (χ1v) is 8.04. The number of fused-ring (bicyclic) bond motifs is 6. The van der Waals surface area contributed by atoms with Crippen molar-refractivity contribution in [3.05, 3.63) is 35.4 Å². The zero-order chi connectivity index (χ0) is 14.1. The van der Waals surface area contributed by atoms with E-state index in [9.17, 15) is 10.2 Å². The van der Waals surface area contributed by atoms with Gasteiger partial charge in [0.05, 0.1) is 4.70 Å². The van der Waals surface area contributed by atoms with Crippen molar-refractivity contribution in [2.24, 2.45) is 0 Å². The highest BCUT2D eigenvalue weighted by Crippen LogP contribution is 2.60. The van der Waals surface area contributed by atoms with Gasteiger partial charge in [-0.3, -0.25) is 0 Å². The molecule has 1 saturated carbocycles. The van der Waals surface area contributed by atoms with Crippen LogP contribution in [-0.4, -0.2) is 19.2 Å². The molecule has 2 atom stereocenters. The Kier molecular flexibility index (Phi) is 2.10. The Morgan fingerprint density at radius 3 is 2.43 bits per heavy atom. The highest BCUT2D eigenvalue weighted by molar-refractivity contribution is 7.13. The normalized spacial score (nSPS) is 23.0. The van der Waals surface area contributed by atoms with Gasteiger partial charge in [0.15, 0.2) is 5.82 Å². The number of aromatic hydroxyl groups is 2. The lowest BCUT2D eigenvalue weighted by Crippen LogP contribution is -1.96. The van der Waals surface area contributed by atoms with Crippen LogP contribution in [-0.2, 0) is 0 Å². The zero-order valence-corrected chi connectivity index (χ0v) is 12.1. The average molecular weight is 298 g/mol. The van der Waals surface area contributed by atoms with E-state index in [2.05, 4.69) is 4.37 Å². The monoisotopic (exact) mass is 298 g/mol. The molecule has 1 aromatic carbocycles. The van der Waals surface area contributed by atoms with Crippen molar-refractivity contribution in [1.82, 2.24) is 8.94 Å². The van der Waals surface area contributed by atoms with Gasteiger partial charge >= 0.3 is 0 Å². The first-order valence-electron chi connectivity index (χ1n) is 7.27. The largest absolute Gasteiger partial charge is 0.494 e. The van der Waals surface area contributed by atoms with Gasteiger partial charge in [0, 0.05) is 16.5 Å². The van der Waals surface area contributed by atoms with Gasteiger partial charge < -0.3 is 10.2 Å². The summed E-state index contributed by atoms with van der Waals surface area (Å²) in [7, 11) is 0. The second-order valence-electron chi connectivity index (χ2n) is 6.02. The lowest BCUT2D eigenvalue weighted by molar-refractivity contribution is 0.394. The molecule has 5 rings (SSSR count). The summed E-state index contributed by atoms with van der Waals surface area (Å²) in [5.74, 6) is 1.82. The number of rotatable bonds is 1. The maximum atomic E-state index is 10.7. The minimum atomic E-state index is 0.186. The van der Waals surface area contributed by atoms with Gasteiger partial charge in [-0.05, 0) is 54.8 Å². The summed E-state index contributed by atoms with van der Waals surface area (Å²) in [6, 6.07) is 7.91. The molecular formula is C16H14N2O2S. The van der Waals surface area contributed by atoms with Crippen molar-refractivity contribution >= 4 is 21.6 Å². The fourth-order valence-corrected chi connectivity index (χ4v) is 4.89. The van der Waals surface area contributed by atoms with Crippen molar-refractivity contribution in [3.63, 3.8) is 0 Å². The molecular weight excluding hydrogens is 284 g/mol. The summed E-state index contributed by atoms with van der Waals surface area (Å²) < 4.78 is 7.05. The van der Waals surface area contributed by atoms with Crippen molar-refractivity contribution in [2.45, 2.75) is 31.1 Å². The molecule has 0 radical (unpaired) electrons. The molecule has 2 bridgehead atoms. The molecule has 4 nitrogen and oxygen atoms in total. The Bertz CT molecular complexity index is 846. The Morgan fingerprint density at radius 2 is 1.71 bits per heavy atom. The lowest BCUT2D eigenvalue weighted by Gasteiger charge is -2.09. The third-order valence-corrected chi connectivity index (χ3v) is 5.83. The van der Waals surface area contributed by atoms with Crippen LogP contribution >= 0.6 is 11.5 Å². The van der Waals surface area contributed by atoms with Gasteiger partial charge in [-0.1, -0.05) is 12.1 Å². The Morgan fingerprint density at radius 1 is 1.05 bits per heavy atom. The fourth-order valence-electron chi connectivity index (χ4n) is 4.13. The highest BCUT2D eigenvalue weighted by Gasteiger charge is 2.44. The van der Waals surface area contributed by atoms with Gasteiger partial charge in [0.2, 0.25) is 11.8 Å². The third-order valence-electron chi connectivity index (χ3n) is 5.01. The van der Waals surface area contributed by atoms with Crippen LogP contribution in [0.15, 0.2) is 24.3 Å². The molecule has 106 valence electrons. The lowest BCUT2D eigenvalue weighted by atomic mass is 9.95. The summed E-state index contributed by atoms with van der Waals surface area (Å²) >= 11 is 1.39. The van der Waals surface area contributed by atoms with Crippen LogP contribution in [0.25, 0.3) is 15.9 Å². The van der Waals surface area contributed by atoms with E-state index < -0.39 is 0 Å². The number of aromatic nitrogens is 2. The van der Waals surface area contributed by atoms with Gasteiger partial charge in [-0.15, -0.1) is 0 Å². The maximum Gasteiger partial charge on any atom is 0.203 e. The smallest absolute Gasteiger partial charge is 0.203 e. The molecule has 5 heteroatoms. The second-order valence-corrected chi connectivity index (χ2v) is 6.82. The molecule has 2 aliphatic carbocycles. The van der Waals surface area contributed by atoms with Gasteiger partial charge in [-0.2, -0.15) is 4.37 Å². The van der Waals surface area contributed by atoms with Crippen LogP contribution in [0.4, 0.5) is 0 Å². The summed E-state index contributed by atoms with van der Waals surface area (Å²) in [5.41, 5.74) is 1.92. The second kappa shape index (κ2) is 3.80. The number of benzene rings is 1. The minimum absolute atomic E-state index is 0.186. The topological polar surface area (TPSA) is 58.3 Å². The molecule has 0 unspecified atom stereocenters. The molecule has 1 fully saturated rings. The predicted octanol–water partition coefficient (Wildman–Crippen LogP) is 3.86. The van der Waals surface area contributed by atoms with E-state index in [0.717, 1.165) is 40.5 Å². The first-order chi connectivity index (χ1) is 10.3. The molecule has 0 amide bonds. The molecule has 2 aromatic heterocycles. The summed E-state index contributed by atoms with van der Waals surface area (Å²) in [6.45, 7) is 0. The van der Waals surface area contributed by atoms with E-state index in [0.29, 0.717) is 17.7 Å². The van der Waals surface area contributed by atoms with Crippen LogP contribution in [0.2, 0.25) is 0 Å². The van der Waals surface area contributed by atoms with Crippen LogP contribution < -0.4 is 0 Å². The molecule has 2 N–H and O–H groups in total. The van der Waals surface area contributed by atoms with Gasteiger partial charge in [0.1, 0.15) is 0 Å². The van der Waals surface area contributed by atoms with Gasteiger partial charge in [-0.25, -0.2) is 4.57 Å². The molecule has 0 saturated heterocycles. The standard InChI is InChI=1S/C16H14N2O2S/c19-15-12-8-5-6-9(7-8)13(12)16(20)18(15)14-10-3-1-2-4-11(10)21-17-14/h1-4,8-9,19-20H,5-7H2/t8-,9+. The maximum absolute atomic E-state index is 10.7. The fraction of sp³-hybridized carbons (Fsp3) is 0.312. The summed E-state index contributed by atoms with van der Waals surface area (Å²) in [5, 5.41) is 22.3. The zero-order valence-electron chi connectivity index (χ0n) is 11.3. The van der Waals surface area contributed by atoms with Crippen LogP contribution in [0, 0.1) is 0 Å². The van der Waals surface area contributed by atoms with E-state index in [-0.39, 0.29) is 11.8 Å². The minimum Gasteiger partial charge on any atom is -0.494 e. The van der Waals surface area contributed by atoms with Crippen molar-refractivity contribution in [3.8, 4) is 17.6 Å². The number of hydrogen-bond donors (Lipinski definition) is 2. The first kappa shape index (κ1) is 11.6. The van der Waals surface area contributed by atoms with E-state index in [1.807, 2.05) is 24.3 Å².